The number of carbonyl (C=O) groups is 2. The van der Waals surface area contributed by atoms with Crippen molar-refractivity contribution in [2.75, 3.05) is 0 Å². The van der Waals surface area contributed by atoms with E-state index in [1.165, 1.54) is 83.5 Å². The van der Waals surface area contributed by atoms with E-state index < -0.39 is 5.97 Å². The average Bonchev–Trinajstić information content (AvgIpc) is 2.92. The third-order valence-corrected chi connectivity index (χ3v) is 6.51. The van der Waals surface area contributed by atoms with Gasteiger partial charge in [-0.25, -0.2) is 10.2 Å². The molecule has 0 aliphatic carbocycles. The molecule has 0 unspecified atom stereocenters. The molecule has 0 aromatic heterocycles. The van der Waals surface area contributed by atoms with Crippen LogP contribution in [0, 0.1) is 0 Å². The third-order valence-electron chi connectivity index (χ3n) is 6.51. The molecule has 0 aliphatic heterocycles. The van der Waals surface area contributed by atoms with Crippen LogP contribution in [0.1, 0.15) is 126 Å². The van der Waals surface area contributed by atoms with Gasteiger partial charge >= 0.3 is 5.97 Å². The summed E-state index contributed by atoms with van der Waals surface area (Å²) >= 11 is 0. The number of rotatable bonds is 20. The predicted octanol–water partition coefficient (Wildman–Crippen LogP) is 8.62. The summed E-state index contributed by atoms with van der Waals surface area (Å²) in [5.41, 5.74) is 3.91. The largest absolute Gasteiger partial charge is 0.423 e. The Morgan fingerprint density at radius 2 is 1.22 bits per heavy atom. The van der Waals surface area contributed by atoms with Crippen LogP contribution in [-0.4, -0.2) is 18.1 Å². The molecule has 0 radical (unpaired) electrons. The molecule has 0 fully saturated rings. The minimum atomic E-state index is -0.395. The second-order valence-electron chi connectivity index (χ2n) is 9.82. The highest BCUT2D eigenvalue weighted by Gasteiger charge is 2.07. The van der Waals surface area contributed by atoms with Gasteiger partial charge in [-0.05, 0) is 48.4 Å². The Balaban J connectivity index is 1.44. The van der Waals surface area contributed by atoms with Crippen molar-refractivity contribution in [3.63, 3.8) is 0 Å². The summed E-state index contributed by atoms with van der Waals surface area (Å²) in [7, 11) is 0. The van der Waals surface area contributed by atoms with Gasteiger partial charge in [-0.2, -0.15) is 5.10 Å². The summed E-state index contributed by atoms with van der Waals surface area (Å²) in [5, 5.41) is 4.04. The maximum Gasteiger partial charge on any atom is 0.343 e. The molecule has 0 heterocycles. The van der Waals surface area contributed by atoms with Gasteiger partial charge in [0.1, 0.15) is 5.75 Å². The van der Waals surface area contributed by atoms with E-state index in [1.54, 1.807) is 54.7 Å². The molecule has 2 rings (SSSR count). The Hall–Kier alpha value is -2.95. The zero-order chi connectivity index (χ0) is 26.4. The highest BCUT2D eigenvalue weighted by Crippen LogP contribution is 2.15. The topological polar surface area (TPSA) is 67.8 Å². The van der Waals surface area contributed by atoms with E-state index in [1.807, 2.05) is 6.07 Å². The monoisotopic (exact) mass is 506 g/mol. The van der Waals surface area contributed by atoms with Crippen LogP contribution < -0.4 is 10.2 Å². The predicted molar refractivity (Wildman–Crippen MR) is 153 cm³/mol. The third kappa shape index (κ3) is 15.0. The van der Waals surface area contributed by atoms with Gasteiger partial charge in [0.2, 0.25) is 5.91 Å². The highest BCUT2D eigenvalue weighted by molar-refractivity contribution is 5.91. The molecule has 5 heteroatoms. The number of unbranched alkanes of at least 4 members (excludes halogenated alkanes) is 14. The minimum Gasteiger partial charge on any atom is -0.423 e. The number of carbonyl (C=O) groups excluding carboxylic acids is 2. The molecule has 2 aromatic carbocycles. The quantitative estimate of drug-likeness (QED) is 0.0642. The van der Waals surface area contributed by atoms with Crippen molar-refractivity contribution in [3.05, 3.63) is 65.7 Å². The summed E-state index contributed by atoms with van der Waals surface area (Å²) in [6.45, 7) is 2.27. The van der Waals surface area contributed by atoms with Gasteiger partial charge in [0.15, 0.2) is 0 Å². The average molecular weight is 507 g/mol. The first kappa shape index (κ1) is 30.3. The smallest absolute Gasteiger partial charge is 0.343 e. The van der Waals surface area contributed by atoms with E-state index >= 15 is 0 Å². The van der Waals surface area contributed by atoms with Gasteiger partial charge in [-0.3, -0.25) is 4.79 Å². The fourth-order valence-corrected chi connectivity index (χ4v) is 4.25. The van der Waals surface area contributed by atoms with Crippen molar-refractivity contribution >= 4 is 18.1 Å². The summed E-state index contributed by atoms with van der Waals surface area (Å²) in [5.74, 6) is 0.00985. The summed E-state index contributed by atoms with van der Waals surface area (Å²) < 4.78 is 5.36. The first-order valence-electron chi connectivity index (χ1n) is 14.4. The molecule has 0 spiro atoms. The molecular formula is C32H46N2O3. The van der Waals surface area contributed by atoms with Gasteiger partial charge in [0.25, 0.3) is 0 Å². The lowest BCUT2D eigenvalue weighted by Gasteiger charge is -2.04. The van der Waals surface area contributed by atoms with Gasteiger partial charge in [0.05, 0.1) is 11.8 Å². The van der Waals surface area contributed by atoms with Crippen molar-refractivity contribution in [2.45, 2.75) is 110 Å². The van der Waals surface area contributed by atoms with Gasteiger partial charge in [0, 0.05) is 6.42 Å². The lowest BCUT2D eigenvalue weighted by molar-refractivity contribution is -0.121. The molecule has 1 amide bonds. The van der Waals surface area contributed by atoms with Crippen molar-refractivity contribution < 1.29 is 14.3 Å². The lowest BCUT2D eigenvalue weighted by atomic mass is 10.0. The van der Waals surface area contributed by atoms with Crippen LogP contribution in [-0.2, 0) is 4.79 Å². The van der Waals surface area contributed by atoms with E-state index in [9.17, 15) is 9.59 Å². The van der Waals surface area contributed by atoms with E-state index in [2.05, 4.69) is 17.5 Å². The number of ether oxygens (including phenoxy) is 1. The van der Waals surface area contributed by atoms with Crippen LogP contribution in [0.2, 0.25) is 0 Å². The molecule has 1 N–H and O–H groups in total. The highest BCUT2D eigenvalue weighted by atomic mass is 16.5. The number of esters is 1. The van der Waals surface area contributed by atoms with Crippen LogP contribution in [0.25, 0.3) is 0 Å². The lowest BCUT2D eigenvalue weighted by Crippen LogP contribution is -2.16. The van der Waals surface area contributed by atoms with Crippen LogP contribution in [0.5, 0.6) is 5.75 Å². The molecule has 0 bridgehead atoms. The number of hydrogen-bond donors (Lipinski definition) is 1. The SMILES string of the molecule is CCCCCCCCCCCCCCCCCC(=O)N/N=C/c1ccc(OC(=O)c2ccccc2)cc1. The van der Waals surface area contributed by atoms with Crippen LogP contribution >= 0.6 is 0 Å². The summed E-state index contributed by atoms with van der Waals surface area (Å²) in [6.07, 6.45) is 21.8. The molecule has 37 heavy (non-hydrogen) atoms. The number of nitrogens with zero attached hydrogens (tertiary/aromatic N) is 1. The van der Waals surface area contributed by atoms with Crippen molar-refractivity contribution in [1.29, 1.82) is 0 Å². The van der Waals surface area contributed by atoms with Crippen molar-refractivity contribution in [2.24, 2.45) is 5.10 Å². The molecule has 5 nitrogen and oxygen atoms in total. The first-order valence-corrected chi connectivity index (χ1v) is 14.4. The Morgan fingerprint density at radius 1 is 0.703 bits per heavy atom. The van der Waals surface area contributed by atoms with Gasteiger partial charge < -0.3 is 4.74 Å². The van der Waals surface area contributed by atoms with Crippen LogP contribution in [0.4, 0.5) is 0 Å². The maximum atomic E-state index is 12.1. The number of benzene rings is 2. The minimum absolute atomic E-state index is 0.0562. The number of nitrogens with one attached hydrogen (secondary N) is 1. The van der Waals surface area contributed by atoms with Crippen molar-refractivity contribution in [3.8, 4) is 5.75 Å². The molecule has 0 atom stereocenters. The van der Waals surface area contributed by atoms with Gasteiger partial charge in [-0.1, -0.05) is 115 Å². The second kappa shape index (κ2) is 20.1. The molecule has 0 aliphatic rings. The Bertz CT molecular complexity index is 894. The number of amides is 1. The van der Waals surface area contributed by atoms with Gasteiger partial charge in [-0.15, -0.1) is 0 Å². The fourth-order valence-electron chi connectivity index (χ4n) is 4.25. The number of hydrazone groups is 1. The maximum absolute atomic E-state index is 12.1. The zero-order valence-corrected chi connectivity index (χ0v) is 22.8. The zero-order valence-electron chi connectivity index (χ0n) is 22.8. The Kier molecular flexibility index (Phi) is 16.5. The summed E-state index contributed by atoms with van der Waals surface area (Å²) in [4.78, 5) is 24.1. The normalized spacial score (nSPS) is 11.1. The molecule has 0 saturated carbocycles. The van der Waals surface area contributed by atoms with E-state index in [0.29, 0.717) is 17.7 Å². The van der Waals surface area contributed by atoms with Crippen LogP contribution in [0.15, 0.2) is 59.7 Å². The van der Waals surface area contributed by atoms with E-state index in [4.69, 9.17) is 4.74 Å². The molecule has 202 valence electrons. The fraction of sp³-hybridized carbons (Fsp3) is 0.531. The number of hydrogen-bond acceptors (Lipinski definition) is 4. The summed E-state index contributed by atoms with van der Waals surface area (Å²) in [6, 6.07) is 15.9. The molecule has 2 aromatic rings. The van der Waals surface area contributed by atoms with E-state index in [-0.39, 0.29) is 5.91 Å². The standard InChI is InChI=1S/C32H46N2O3/c1-2-3-4-5-6-7-8-9-10-11-12-13-14-15-19-22-31(35)34-33-27-28-23-25-30(26-24-28)37-32(36)29-20-17-16-18-21-29/h16-18,20-21,23-27H,2-15,19,22H2,1H3,(H,34,35)/b33-27+. The first-order chi connectivity index (χ1) is 18.2. The van der Waals surface area contributed by atoms with Crippen molar-refractivity contribution in [1.82, 2.24) is 5.43 Å². The molecular weight excluding hydrogens is 460 g/mol. The Morgan fingerprint density at radius 3 is 1.76 bits per heavy atom. The van der Waals surface area contributed by atoms with E-state index in [0.717, 1.165) is 18.4 Å². The van der Waals surface area contributed by atoms with Crippen LogP contribution in [0.3, 0.4) is 0 Å². The Labute approximate surface area is 224 Å². The molecule has 0 saturated heterocycles. The second-order valence-corrected chi connectivity index (χ2v) is 9.82.